The van der Waals surface area contributed by atoms with Crippen molar-refractivity contribution in [2.45, 2.75) is 20.4 Å². The second kappa shape index (κ2) is 7.99. The summed E-state index contributed by atoms with van der Waals surface area (Å²) in [4.78, 5) is 4.67. The number of aromatic nitrogens is 2. The largest absolute Gasteiger partial charge is 0.338 e. The first-order chi connectivity index (χ1) is 13.1. The fourth-order valence-electron chi connectivity index (χ4n) is 3.58. The summed E-state index contributed by atoms with van der Waals surface area (Å²) >= 11 is 0. The third-order valence-electron chi connectivity index (χ3n) is 5.25. The number of benzene rings is 2. The van der Waals surface area contributed by atoms with Gasteiger partial charge in [0.2, 0.25) is 0 Å². The molecule has 0 bridgehead atoms. The molecule has 0 atom stereocenters. The molecule has 0 spiro atoms. The zero-order valence-electron chi connectivity index (χ0n) is 15.9. The normalized spacial score (nSPS) is 10.7. The van der Waals surface area contributed by atoms with Crippen molar-refractivity contribution in [3.63, 3.8) is 0 Å². The molecule has 0 amide bonds. The highest BCUT2D eigenvalue weighted by molar-refractivity contribution is 5.95. The van der Waals surface area contributed by atoms with E-state index in [0.29, 0.717) is 12.1 Å². The van der Waals surface area contributed by atoms with Gasteiger partial charge >= 0.3 is 0 Å². The summed E-state index contributed by atoms with van der Waals surface area (Å²) < 4.78 is 16.5. The molecule has 2 heterocycles. The first-order valence-corrected chi connectivity index (χ1v) is 9.01. The minimum absolute atomic E-state index is 0. The highest BCUT2D eigenvalue weighted by Crippen LogP contribution is 2.33. The maximum atomic E-state index is 14.3. The average Bonchev–Trinajstić information content (AvgIpc) is 2.95. The second-order valence-corrected chi connectivity index (χ2v) is 6.77. The van der Waals surface area contributed by atoms with Crippen molar-refractivity contribution in [1.82, 2.24) is 9.55 Å². The third kappa shape index (κ3) is 3.34. The molecular formula is C24H22ClFN2. The van der Waals surface area contributed by atoms with Crippen molar-refractivity contribution in [2.24, 2.45) is 0 Å². The summed E-state index contributed by atoms with van der Waals surface area (Å²) in [7, 11) is 0. The van der Waals surface area contributed by atoms with E-state index in [4.69, 9.17) is 0 Å². The Morgan fingerprint density at radius 1 is 1.04 bits per heavy atom. The molecule has 0 aliphatic rings. The number of rotatable bonds is 4. The van der Waals surface area contributed by atoms with Gasteiger partial charge in [0.1, 0.15) is 5.82 Å². The fourth-order valence-corrected chi connectivity index (χ4v) is 3.58. The van der Waals surface area contributed by atoms with Crippen LogP contribution in [0.15, 0.2) is 67.4 Å². The molecule has 0 saturated heterocycles. The molecule has 0 N–H and O–H groups in total. The first kappa shape index (κ1) is 19.8. The van der Waals surface area contributed by atoms with Gasteiger partial charge in [-0.3, -0.25) is 4.98 Å². The van der Waals surface area contributed by atoms with E-state index in [-0.39, 0.29) is 18.2 Å². The molecule has 0 aliphatic carbocycles. The van der Waals surface area contributed by atoms with Gasteiger partial charge in [-0.05, 0) is 37.1 Å². The van der Waals surface area contributed by atoms with Gasteiger partial charge in [-0.2, -0.15) is 0 Å². The third-order valence-corrected chi connectivity index (χ3v) is 5.25. The number of nitrogens with zero attached hydrogens (tertiary/aromatic N) is 2. The minimum atomic E-state index is -0.183. The van der Waals surface area contributed by atoms with Crippen LogP contribution < -0.4 is 0 Å². The van der Waals surface area contributed by atoms with E-state index < -0.39 is 0 Å². The van der Waals surface area contributed by atoms with Crippen LogP contribution in [0.3, 0.4) is 0 Å². The van der Waals surface area contributed by atoms with E-state index in [1.807, 2.05) is 42.6 Å². The molecule has 0 aliphatic heterocycles. The van der Waals surface area contributed by atoms with E-state index in [1.165, 1.54) is 11.6 Å². The molecular weight excluding hydrogens is 371 g/mol. The molecule has 0 radical (unpaired) electrons. The lowest BCUT2D eigenvalue weighted by Crippen LogP contribution is -2.05. The Morgan fingerprint density at radius 3 is 2.43 bits per heavy atom. The van der Waals surface area contributed by atoms with Crippen LogP contribution in [0.1, 0.15) is 22.4 Å². The van der Waals surface area contributed by atoms with Crippen LogP contribution in [0.2, 0.25) is 0 Å². The predicted molar refractivity (Wildman–Crippen MR) is 117 cm³/mol. The van der Waals surface area contributed by atoms with Crippen LogP contribution >= 0.6 is 12.4 Å². The lowest BCUT2D eigenvalue weighted by molar-refractivity contribution is 0.600. The molecule has 2 nitrogen and oxygen atoms in total. The van der Waals surface area contributed by atoms with Gasteiger partial charge in [-0.15, -0.1) is 12.4 Å². The van der Waals surface area contributed by atoms with Gasteiger partial charge < -0.3 is 4.57 Å². The Hall–Kier alpha value is -2.91. The quantitative estimate of drug-likeness (QED) is 0.384. The summed E-state index contributed by atoms with van der Waals surface area (Å²) in [5.41, 5.74) is 7.07. The van der Waals surface area contributed by atoms with Crippen LogP contribution in [-0.2, 0) is 6.54 Å². The average molecular weight is 393 g/mol. The van der Waals surface area contributed by atoms with E-state index in [1.54, 1.807) is 6.07 Å². The molecule has 142 valence electrons. The van der Waals surface area contributed by atoms with E-state index >= 15 is 0 Å². The molecule has 4 rings (SSSR count). The SMILES string of the molecule is C=Cc1ccc(-c2nccc3c(C)c(C)n(Cc4ccccc4F)c23)cc1.Cl. The number of hydrogen-bond acceptors (Lipinski definition) is 1. The van der Waals surface area contributed by atoms with Crippen LogP contribution in [0.5, 0.6) is 0 Å². The number of halogens is 2. The number of fused-ring (bicyclic) bond motifs is 1. The standard InChI is InChI=1S/C24H21FN2.ClH/c1-4-18-9-11-19(12-10-18)23-24-21(13-14-26-23)16(2)17(3)27(24)15-20-7-5-6-8-22(20)25;/h4-14H,1,15H2,2-3H3;1H. The van der Waals surface area contributed by atoms with Crippen molar-refractivity contribution in [2.75, 3.05) is 0 Å². The summed E-state index contributed by atoms with van der Waals surface area (Å²) in [6.45, 7) is 8.49. The summed E-state index contributed by atoms with van der Waals surface area (Å²) in [6.07, 6.45) is 3.67. The molecule has 0 fully saturated rings. The first-order valence-electron chi connectivity index (χ1n) is 9.01. The highest BCUT2D eigenvalue weighted by Gasteiger charge is 2.17. The zero-order chi connectivity index (χ0) is 19.0. The Kier molecular flexibility index (Phi) is 5.66. The maximum Gasteiger partial charge on any atom is 0.128 e. The summed E-state index contributed by atoms with van der Waals surface area (Å²) in [6, 6.07) is 17.2. The van der Waals surface area contributed by atoms with Crippen LogP contribution in [0.4, 0.5) is 4.39 Å². The van der Waals surface area contributed by atoms with Crippen LogP contribution in [0, 0.1) is 19.7 Å². The van der Waals surface area contributed by atoms with Crippen molar-refractivity contribution in [3.05, 3.63) is 95.6 Å². The van der Waals surface area contributed by atoms with Crippen molar-refractivity contribution in [1.29, 1.82) is 0 Å². The molecule has 4 heteroatoms. The minimum Gasteiger partial charge on any atom is -0.338 e. The zero-order valence-corrected chi connectivity index (χ0v) is 16.8. The van der Waals surface area contributed by atoms with Crippen molar-refractivity contribution in [3.8, 4) is 11.3 Å². The highest BCUT2D eigenvalue weighted by atomic mass is 35.5. The Morgan fingerprint density at radius 2 is 1.75 bits per heavy atom. The van der Waals surface area contributed by atoms with E-state index in [9.17, 15) is 4.39 Å². The van der Waals surface area contributed by atoms with Gasteiger partial charge in [0.25, 0.3) is 0 Å². The number of pyridine rings is 1. The number of aryl methyl sites for hydroxylation is 1. The molecule has 0 saturated carbocycles. The Labute approximate surface area is 170 Å². The van der Waals surface area contributed by atoms with Gasteiger partial charge in [0.15, 0.2) is 0 Å². The van der Waals surface area contributed by atoms with Crippen LogP contribution in [0.25, 0.3) is 28.2 Å². The maximum absolute atomic E-state index is 14.3. The summed E-state index contributed by atoms with van der Waals surface area (Å²) in [5, 5.41) is 1.15. The van der Waals surface area contributed by atoms with E-state index in [0.717, 1.165) is 33.4 Å². The topological polar surface area (TPSA) is 17.8 Å². The lowest BCUT2D eigenvalue weighted by atomic mass is 10.1. The molecule has 2 aromatic carbocycles. The van der Waals surface area contributed by atoms with Gasteiger partial charge in [0.05, 0.1) is 17.8 Å². The van der Waals surface area contributed by atoms with Crippen LogP contribution in [-0.4, -0.2) is 9.55 Å². The van der Waals surface area contributed by atoms with Gasteiger partial charge in [-0.25, -0.2) is 4.39 Å². The predicted octanol–water partition coefficient (Wildman–Crippen LogP) is 6.57. The van der Waals surface area contributed by atoms with Gasteiger partial charge in [-0.1, -0.05) is 55.1 Å². The Balaban J connectivity index is 0.00000225. The van der Waals surface area contributed by atoms with E-state index in [2.05, 4.69) is 42.1 Å². The summed E-state index contributed by atoms with van der Waals surface area (Å²) in [5.74, 6) is -0.183. The molecule has 2 aromatic heterocycles. The molecule has 0 unspecified atom stereocenters. The smallest absolute Gasteiger partial charge is 0.128 e. The lowest BCUT2D eigenvalue weighted by Gasteiger charge is -2.12. The van der Waals surface area contributed by atoms with Crippen molar-refractivity contribution < 1.29 is 4.39 Å². The molecule has 28 heavy (non-hydrogen) atoms. The molecule has 4 aromatic rings. The monoisotopic (exact) mass is 392 g/mol. The number of hydrogen-bond donors (Lipinski definition) is 0. The van der Waals surface area contributed by atoms with Gasteiger partial charge in [0, 0.05) is 28.4 Å². The fraction of sp³-hybridized carbons (Fsp3) is 0.125. The Bertz CT molecular complexity index is 1140. The van der Waals surface area contributed by atoms with Crippen molar-refractivity contribution >= 4 is 29.4 Å². The second-order valence-electron chi connectivity index (χ2n) is 6.77.